The minimum atomic E-state index is -5.20. The van der Waals surface area contributed by atoms with Gasteiger partial charge < -0.3 is 4.57 Å². The van der Waals surface area contributed by atoms with Crippen LogP contribution in [-0.2, 0) is 24.7 Å². The fraction of sp³-hybridized carbons (Fsp3) is 0.0606. The van der Waals surface area contributed by atoms with Crippen LogP contribution in [0.1, 0.15) is 22.3 Å². The van der Waals surface area contributed by atoms with E-state index in [0.717, 1.165) is 5.56 Å². The molecule has 0 bridgehead atoms. The lowest BCUT2D eigenvalue weighted by molar-refractivity contribution is -0.144. The Morgan fingerprint density at radius 3 is 0.940 bits per heavy atom. The van der Waals surface area contributed by atoms with Crippen LogP contribution in [0.25, 0.3) is 118 Å². The molecule has 0 aliphatic heterocycles. The molecule has 0 fully saturated rings. The predicted molar refractivity (Wildman–Crippen MR) is 295 cm³/mol. The number of fused-ring (bicyclic) bond motifs is 3. The zero-order chi connectivity index (χ0) is 58.0. The average Bonchev–Trinajstić information content (AvgIpc) is 2.22. The van der Waals surface area contributed by atoms with Gasteiger partial charge in [0.1, 0.15) is 0 Å². The molecule has 3 aromatic heterocycles. The highest BCUT2D eigenvalue weighted by molar-refractivity contribution is 6.12. The quantitative estimate of drug-likeness (QED) is 0.135. The van der Waals surface area contributed by atoms with Crippen molar-refractivity contribution >= 4 is 21.8 Å². The Hall–Kier alpha value is -9.90. The van der Waals surface area contributed by atoms with Crippen molar-refractivity contribution < 1.29 is 52.7 Å². The first kappa shape index (κ1) is 53.7. The summed E-state index contributed by atoms with van der Waals surface area (Å²) in [6, 6.07) is 56.5. The standard InChI is InChI=1S/C66H37F12N5/c67-63(68,69)47-27-45(28-48(34-47)64(70,71)72)42-21-24-51-52-25-22-43(46-29-49(65(73,74)75)35-50(30-46)66(76,77)78)33-60(52)83(59(51)32-42)58-26-23-44(57-37-54(38-13-5-1-6-14-38)79-61(80-57)41-19-11-4-12-20-41)31-53(58)62-81-55(39-15-7-2-8-16-39)36-56(82-62)40-17-9-3-10-18-40/h1-37H. The van der Waals surface area contributed by atoms with E-state index in [-0.39, 0.29) is 51.4 Å². The summed E-state index contributed by atoms with van der Waals surface area (Å²) < 4.78 is 175. The van der Waals surface area contributed by atoms with Gasteiger partial charge in [-0.1, -0.05) is 152 Å². The van der Waals surface area contributed by atoms with Gasteiger partial charge in [-0.05, 0) is 95.1 Å². The third kappa shape index (κ3) is 10.8. The molecule has 17 heteroatoms. The van der Waals surface area contributed by atoms with E-state index < -0.39 is 58.1 Å². The summed E-state index contributed by atoms with van der Waals surface area (Å²) in [5.74, 6) is 0.473. The summed E-state index contributed by atoms with van der Waals surface area (Å²) in [7, 11) is 0. The Bertz CT molecular complexity index is 4110. The Kier molecular flexibility index (Phi) is 13.3. The normalized spacial score (nSPS) is 12.3. The third-order valence-electron chi connectivity index (χ3n) is 14.1. The number of nitrogens with zero attached hydrogens (tertiary/aromatic N) is 5. The van der Waals surface area contributed by atoms with E-state index >= 15 is 0 Å². The van der Waals surface area contributed by atoms with E-state index in [1.807, 2.05) is 121 Å². The van der Waals surface area contributed by atoms with Gasteiger partial charge >= 0.3 is 24.7 Å². The van der Waals surface area contributed by atoms with Crippen molar-refractivity contribution in [2.24, 2.45) is 0 Å². The predicted octanol–water partition coefficient (Wildman–Crippen LogP) is 19.8. The number of halogens is 12. The molecule has 83 heavy (non-hydrogen) atoms. The van der Waals surface area contributed by atoms with Gasteiger partial charge in [0.05, 0.1) is 61.8 Å². The molecule has 12 rings (SSSR count). The fourth-order valence-electron chi connectivity index (χ4n) is 10.1. The molecule has 0 spiro atoms. The third-order valence-corrected chi connectivity index (χ3v) is 14.1. The molecule has 0 aliphatic carbocycles. The summed E-state index contributed by atoms with van der Waals surface area (Å²) in [4.78, 5) is 20.4. The van der Waals surface area contributed by atoms with Gasteiger partial charge in [-0.15, -0.1) is 0 Å². The Morgan fingerprint density at radius 1 is 0.253 bits per heavy atom. The van der Waals surface area contributed by atoms with Crippen LogP contribution in [-0.4, -0.2) is 24.5 Å². The van der Waals surface area contributed by atoms with Gasteiger partial charge in [-0.3, -0.25) is 0 Å². The smallest absolute Gasteiger partial charge is 0.308 e. The number of aromatic nitrogens is 5. The van der Waals surface area contributed by atoms with Crippen LogP contribution >= 0.6 is 0 Å². The second kappa shape index (κ2) is 20.6. The fourth-order valence-corrected chi connectivity index (χ4v) is 10.1. The van der Waals surface area contributed by atoms with Crippen LogP contribution in [0.5, 0.6) is 0 Å². The van der Waals surface area contributed by atoms with Gasteiger partial charge in [0.2, 0.25) is 0 Å². The maximum absolute atomic E-state index is 14.4. The van der Waals surface area contributed by atoms with Crippen molar-refractivity contribution in [2.45, 2.75) is 24.7 Å². The molecule has 410 valence electrons. The molecule has 5 nitrogen and oxygen atoms in total. The molecule has 12 aromatic rings. The number of alkyl halides is 12. The average molecular weight is 1130 g/mol. The Labute approximate surface area is 464 Å². The van der Waals surface area contributed by atoms with E-state index in [1.165, 1.54) is 36.4 Å². The molecule has 0 aliphatic rings. The van der Waals surface area contributed by atoms with Crippen LogP contribution in [0.15, 0.2) is 224 Å². The summed E-state index contributed by atoms with van der Waals surface area (Å²) in [6.45, 7) is 0. The molecule has 0 saturated heterocycles. The number of benzene rings is 9. The summed E-state index contributed by atoms with van der Waals surface area (Å²) in [6.07, 6.45) is -20.8. The topological polar surface area (TPSA) is 56.5 Å². The van der Waals surface area contributed by atoms with Crippen molar-refractivity contribution in [1.29, 1.82) is 0 Å². The molecule has 0 radical (unpaired) electrons. The highest BCUT2D eigenvalue weighted by Crippen LogP contribution is 2.45. The second-order valence-corrected chi connectivity index (χ2v) is 19.5. The van der Waals surface area contributed by atoms with Crippen LogP contribution in [0.2, 0.25) is 0 Å². The highest BCUT2D eigenvalue weighted by Gasteiger charge is 2.39. The van der Waals surface area contributed by atoms with Crippen molar-refractivity contribution in [1.82, 2.24) is 24.5 Å². The van der Waals surface area contributed by atoms with E-state index in [0.29, 0.717) is 85.9 Å². The lowest BCUT2D eigenvalue weighted by Crippen LogP contribution is -2.11. The second-order valence-electron chi connectivity index (χ2n) is 19.5. The van der Waals surface area contributed by atoms with Gasteiger partial charge in [-0.25, -0.2) is 19.9 Å². The zero-order valence-electron chi connectivity index (χ0n) is 42.6. The zero-order valence-corrected chi connectivity index (χ0v) is 42.6. The van der Waals surface area contributed by atoms with Gasteiger partial charge in [-0.2, -0.15) is 52.7 Å². The number of hydrogen-bond donors (Lipinski definition) is 0. The van der Waals surface area contributed by atoms with E-state index in [9.17, 15) is 52.7 Å². The molecule has 0 atom stereocenters. The minimum Gasteiger partial charge on any atom is -0.308 e. The van der Waals surface area contributed by atoms with E-state index in [2.05, 4.69) is 0 Å². The molecule has 0 amide bonds. The summed E-state index contributed by atoms with van der Waals surface area (Å²) in [5, 5.41) is 0.709. The van der Waals surface area contributed by atoms with Crippen molar-refractivity contribution in [3.63, 3.8) is 0 Å². The largest absolute Gasteiger partial charge is 0.416 e. The Balaban J connectivity index is 1.20. The van der Waals surface area contributed by atoms with E-state index in [4.69, 9.17) is 19.9 Å². The molecule has 0 saturated carbocycles. The molecule has 0 unspecified atom stereocenters. The number of hydrogen-bond acceptors (Lipinski definition) is 4. The van der Waals surface area contributed by atoms with Crippen LogP contribution in [0, 0.1) is 0 Å². The van der Waals surface area contributed by atoms with Gasteiger partial charge in [0.25, 0.3) is 0 Å². The Morgan fingerprint density at radius 2 is 0.578 bits per heavy atom. The molecule has 9 aromatic carbocycles. The maximum atomic E-state index is 14.4. The first-order chi connectivity index (χ1) is 39.6. The molecule has 0 N–H and O–H groups in total. The highest BCUT2D eigenvalue weighted by atomic mass is 19.4. The molecular weight excluding hydrogens is 1090 g/mol. The lowest BCUT2D eigenvalue weighted by atomic mass is 9.97. The molecule has 3 heterocycles. The monoisotopic (exact) mass is 1130 g/mol. The number of rotatable bonds is 9. The van der Waals surface area contributed by atoms with Crippen molar-refractivity contribution in [3.05, 3.63) is 247 Å². The van der Waals surface area contributed by atoms with E-state index in [1.54, 1.807) is 34.9 Å². The van der Waals surface area contributed by atoms with Gasteiger partial charge in [0, 0.05) is 44.2 Å². The van der Waals surface area contributed by atoms with Crippen LogP contribution in [0.4, 0.5) is 52.7 Å². The van der Waals surface area contributed by atoms with Crippen LogP contribution < -0.4 is 0 Å². The van der Waals surface area contributed by atoms with Gasteiger partial charge in [0.15, 0.2) is 11.6 Å². The van der Waals surface area contributed by atoms with Crippen molar-refractivity contribution in [2.75, 3.05) is 0 Å². The SMILES string of the molecule is FC(F)(F)c1cc(-c2ccc3c4ccc(-c5cc(C(F)(F)F)cc(C(F)(F)F)c5)cc4n(-c4ccc(-c5cc(-c6ccccc6)nc(-c6ccccc6)n5)cc4-c4nc(-c5ccccc5)cc(-c5ccccc5)n4)c3c2)cc(C(F)(F)F)c1. The van der Waals surface area contributed by atoms with Crippen LogP contribution in [0.3, 0.4) is 0 Å². The van der Waals surface area contributed by atoms with Crippen molar-refractivity contribution in [3.8, 4) is 95.7 Å². The first-order valence-electron chi connectivity index (χ1n) is 25.5. The maximum Gasteiger partial charge on any atom is 0.416 e. The lowest BCUT2D eigenvalue weighted by Gasteiger charge is -2.18. The molecular formula is C66H37F12N5. The first-order valence-corrected chi connectivity index (χ1v) is 25.5. The summed E-state index contributed by atoms with van der Waals surface area (Å²) >= 11 is 0. The summed E-state index contributed by atoms with van der Waals surface area (Å²) in [5.41, 5.74) is -1.30. The minimum absolute atomic E-state index is 0.0168.